The summed E-state index contributed by atoms with van der Waals surface area (Å²) in [6.07, 6.45) is 2.80. The van der Waals surface area contributed by atoms with Crippen molar-refractivity contribution in [1.29, 1.82) is 5.26 Å². The van der Waals surface area contributed by atoms with Gasteiger partial charge in [0.05, 0.1) is 6.61 Å². The topological polar surface area (TPSA) is 58.4 Å². The Balaban J connectivity index is 1.31. The van der Waals surface area contributed by atoms with E-state index in [1.54, 1.807) is 18.3 Å². The zero-order valence-electron chi connectivity index (χ0n) is 12.7. The van der Waals surface area contributed by atoms with Crippen LogP contribution in [0.1, 0.15) is 16.8 Å². The van der Waals surface area contributed by atoms with Crippen molar-refractivity contribution in [2.75, 3.05) is 19.7 Å². The second-order valence-electron chi connectivity index (χ2n) is 5.96. The van der Waals surface area contributed by atoms with Crippen LogP contribution >= 0.6 is 0 Å². The van der Waals surface area contributed by atoms with Crippen molar-refractivity contribution in [3.05, 3.63) is 53.3 Å². The Morgan fingerprint density at radius 3 is 3.09 bits per heavy atom. The Morgan fingerprint density at radius 2 is 2.22 bits per heavy atom. The largest absolute Gasteiger partial charge is 0.493 e. The Hall–Kier alpha value is -2.58. The lowest BCUT2D eigenvalue weighted by atomic mass is 10.1. The van der Waals surface area contributed by atoms with Crippen molar-refractivity contribution >= 4 is 0 Å². The molecule has 1 aromatic heterocycles. The van der Waals surface area contributed by atoms with Gasteiger partial charge in [0, 0.05) is 38.3 Å². The summed E-state index contributed by atoms with van der Waals surface area (Å²) in [5, 5.41) is 8.85. The second kappa shape index (κ2) is 5.90. The lowest BCUT2D eigenvalue weighted by Crippen LogP contribution is -2.53. The molecule has 0 saturated carbocycles. The van der Waals surface area contributed by atoms with Gasteiger partial charge in [0.15, 0.2) is 0 Å². The molecule has 0 amide bonds. The number of benzene rings is 1. The van der Waals surface area contributed by atoms with Crippen molar-refractivity contribution in [3.8, 4) is 17.6 Å². The molecule has 0 unspecified atom stereocenters. The van der Waals surface area contributed by atoms with Gasteiger partial charge in [0.25, 0.3) is 0 Å². The predicted molar refractivity (Wildman–Crippen MR) is 84.3 cm³/mol. The van der Waals surface area contributed by atoms with E-state index in [0.29, 0.717) is 5.69 Å². The Labute approximate surface area is 135 Å². The highest BCUT2D eigenvalue weighted by molar-refractivity contribution is 5.39. The van der Waals surface area contributed by atoms with E-state index in [9.17, 15) is 0 Å². The minimum atomic E-state index is 0.182. The zero-order chi connectivity index (χ0) is 15.6. The number of ether oxygens (including phenoxy) is 2. The lowest BCUT2D eigenvalue weighted by molar-refractivity contribution is 0.0145. The quantitative estimate of drug-likeness (QED) is 0.866. The fourth-order valence-electron chi connectivity index (χ4n) is 3.06. The Kier molecular flexibility index (Phi) is 3.60. The first-order chi connectivity index (χ1) is 11.3. The molecule has 0 aliphatic carbocycles. The van der Waals surface area contributed by atoms with Crippen LogP contribution in [0.4, 0.5) is 0 Å². The summed E-state index contributed by atoms with van der Waals surface area (Å²) in [6.45, 7) is 3.54. The number of pyridine rings is 1. The Morgan fingerprint density at radius 1 is 1.30 bits per heavy atom. The van der Waals surface area contributed by atoms with E-state index < -0.39 is 0 Å². The number of hydrogen-bond acceptors (Lipinski definition) is 5. The smallest absolute Gasteiger partial charge is 0.144 e. The van der Waals surface area contributed by atoms with Crippen LogP contribution in [0.2, 0.25) is 0 Å². The first-order valence-corrected chi connectivity index (χ1v) is 7.80. The van der Waals surface area contributed by atoms with Crippen molar-refractivity contribution in [3.63, 3.8) is 0 Å². The van der Waals surface area contributed by atoms with Gasteiger partial charge in [-0.25, -0.2) is 4.98 Å². The highest BCUT2D eigenvalue weighted by Gasteiger charge is 2.28. The van der Waals surface area contributed by atoms with E-state index in [2.05, 4.69) is 28.1 Å². The monoisotopic (exact) mass is 307 g/mol. The van der Waals surface area contributed by atoms with E-state index in [1.807, 2.05) is 6.07 Å². The molecular formula is C18H17N3O2. The number of nitriles is 1. The van der Waals surface area contributed by atoms with Gasteiger partial charge in [-0.15, -0.1) is 0 Å². The summed E-state index contributed by atoms with van der Waals surface area (Å²) >= 11 is 0. The molecule has 1 saturated heterocycles. The van der Waals surface area contributed by atoms with E-state index in [-0.39, 0.29) is 6.10 Å². The molecule has 0 atom stereocenters. The van der Waals surface area contributed by atoms with Gasteiger partial charge in [-0.05, 0) is 23.3 Å². The number of nitrogens with zero attached hydrogens (tertiary/aromatic N) is 3. The fraction of sp³-hybridized carbons (Fsp3) is 0.333. The molecule has 2 aliphatic rings. The third-order valence-corrected chi connectivity index (χ3v) is 4.23. The number of hydrogen-bond donors (Lipinski definition) is 0. The molecule has 0 bridgehead atoms. The van der Waals surface area contributed by atoms with Crippen LogP contribution in [0.5, 0.6) is 11.5 Å². The molecule has 2 aromatic rings. The summed E-state index contributed by atoms with van der Waals surface area (Å²) in [5.74, 6) is 1.75. The van der Waals surface area contributed by atoms with Gasteiger partial charge in [-0.3, -0.25) is 4.90 Å². The maximum atomic E-state index is 8.85. The third-order valence-electron chi connectivity index (χ3n) is 4.23. The highest BCUT2D eigenvalue weighted by Crippen LogP contribution is 2.27. The van der Waals surface area contributed by atoms with Gasteiger partial charge in [0.2, 0.25) is 0 Å². The molecule has 0 spiro atoms. The van der Waals surface area contributed by atoms with Crippen LogP contribution in [-0.4, -0.2) is 35.7 Å². The van der Waals surface area contributed by atoms with E-state index in [4.69, 9.17) is 14.7 Å². The maximum absolute atomic E-state index is 8.85. The van der Waals surface area contributed by atoms with Crippen LogP contribution in [0.25, 0.3) is 0 Å². The standard InChI is InChI=1S/C18H17N3O2/c19-9-15-8-16(3-5-20-15)23-17-11-21(12-17)10-13-1-2-18-14(7-13)4-6-22-18/h1-3,5,7-8,17H,4,6,10-12H2. The fourth-order valence-corrected chi connectivity index (χ4v) is 3.06. The molecule has 1 fully saturated rings. The minimum absolute atomic E-state index is 0.182. The van der Waals surface area contributed by atoms with Crippen molar-refractivity contribution in [1.82, 2.24) is 9.88 Å². The van der Waals surface area contributed by atoms with Crippen LogP contribution in [0.3, 0.4) is 0 Å². The second-order valence-corrected chi connectivity index (χ2v) is 5.96. The molecular weight excluding hydrogens is 290 g/mol. The highest BCUT2D eigenvalue weighted by atomic mass is 16.5. The molecule has 116 valence electrons. The van der Waals surface area contributed by atoms with Crippen LogP contribution in [0.15, 0.2) is 36.5 Å². The SMILES string of the molecule is N#Cc1cc(OC2CN(Cc3ccc4c(c3)CCO4)C2)ccn1. The summed E-state index contributed by atoms with van der Waals surface area (Å²) < 4.78 is 11.4. The molecule has 3 heterocycles. The predicted octanol–water partition coefficient (Wildman–Crippen LogP) is 2.15. The molecule has 0 N–H and O–H groups in total. The van der Waals surface area contributed by atoms with Gasteiger partial charge in [0.1, 0.15) is 29.4 Å². The molecule has 2 aliphatic heterocycles. The average molecular weight is 307 g/mol. The summed E-state index contributed by atoms with van der Waals surface area (Å²) in [5.41, 5.74) is 3.03. The van der Waals surface area contributed by atoms with Crippen LogP contribution < -0.4 is 9.47 Å². The summed E-state index contributed by atoms with van der Waals surface area (Å²) in [6, 6.07) is 12.0. The summed E-state index contributed by atoms with van der Waals surface area (Å²) in [4.78, 5) is 6.30. The van der Waals surface area contributed by atoms with Gasteiger partial charge < -0.3 is 9.47 Å². The Bertz CT molecular complexity index is 763. The van der Waals surface area contributed by atoms with Gasteiger partial charge in [-0.1, -0.05) is 12.1 Å². The number of aromatic nitrogens is 1. The zero-order valence-corrected chi connectivity index (χ0v) is 12.7. The van der Waals surface area contributed by atoms with Crippen LogP contribution in [-0.2, 0) is 13.0 Å². The molecule has 23 heavy (non-hydrogen) atoms. The first-order valence-electron chi connectivity index (χ1n) is 7.80. The molecule has 0 radical (unpaired) electrons. The number of likely N-dealkylation sites (tertiary alicyclic amines) is 1. The number of fused-ring (bicyclic) bond motifs is 1. The molecule has 4 rings (SSSR count). The summed E-state index contributed by atoms with van der Waals surface area (Å²) in [7, 11) is 0. The van der Waals surface area contributed by atoms with Gasteiger partial charge >= 0.3 is 0 Å². The van der Waals surface area contributed by atoms with Crippen molar-refractivity contribution in [2.45, 2.75) is 19.1 Å². The van der Waals surface area contributed by atoms with Crippen LogP contribution in [0, 0.1) is 11.3 Å². The van der Waals surface area contributed by atoms with E-state index in [0.717, 1.165) is 44.2 Å². The van der Waals surface area contributed by atoms with Crippen molar-refractivity contribution in [2.24, 2.45) is 0 Å². The van der Waals surface area contributed by atoms with Crippen molar-refractivity contribution < 1.29 is 9.47 Å². The van der Waals surface area contributed by atoms with E-state index >= 15 is 0 Å². The third kappa shape index (κ3) is 2.99. The lowest BCUT2D eigenvalue weighted by Gasteiger charge is -2.39. The molecule has 1 aromatic carbocycles. The molecule has 5 nitrogen and oxygen atoms in total. The average Bonchev–Trinajstić information content (AvgIpc) is 3.00. The minimum Gasteiger partial charge on any atom is -0.493 e. The maximum Gasteiger partial charge on any atom is 0.144 e. The van der Waals surface area contributed by atoms with Gasteiger partial charge in [-0.2, -0.15) is 5.26 Å². The number of rotatable bonds is 4. The molecule has 5 heteroatoms. The normalized spacial score (nSPS) is 17.0. The first kappa shape index (κ1) is 14.0. The van der Waals surface area contributed by atoms with E-state index in [1.165, 1.54) is 11.1 Å².